The van der Waals surface area contributed by atoms with Crippen molar-refractivity contribution in [2.24, 2.45) is 10.9 Å². The summed E-state index contributed by atoms with van der Waals surface area (Å²) < 4.78 is 5.59. The van der Waals surface area contributed by atoms with Gasteiger partial charge in [-0.15, -0.1) is 24.0 Å². The van der Waals surface area contributed by atoms with Crippen LogP contribution in [0, 0.1) is 5.92 Å². The Hall–Kier alpha value is -1.09. The fraction of sp³-hybridized carbons (Fsp3) is 0.700. The Morgan fingerprint density at radius 1 is 1.33 bits per heavy atom. The van der Waals surface area contributed by atoms with Gasteiger partial charge in [0, 0.05) is 38.9 Å². The number of nitrogens with one attached hydrogen (secondary N) is 2. The second-order valence-corrected chi connectivity index (χ2v) is 7.59. The van der Waals surface area contributed by atoms with Crippen LogP contribution in [0.15, 0.2) is 23.3 Å². The van der Waals surface area contributed by atoms with Crippen molar-refractivity contribution in [1.29, 1.82) is 0 Å². The number of hydrogen-bond acceptors (Lipinski definition) is 4. The first-order chi connectivity index (χ1) is 12.5. The maximum atomic E-state index is 5.59. The minimum absolute atomic E-state index is 0. The number of pyridine rings is 1. The quantitative estimate of drug-likeness (QED) is 0.349. The van der Waals surface area contributed by atoms with Crippen molar-refractivity contribution in [2.75, 3.05) is 31.6 Å². The highest BCUT2D eigenvalue weighted by Gasteiger charge is 2.17. The van der Waals surface area contributed by atoms with E-state index in [1.165, 1.54) is 6.42 Å². The second-order valence-electron chi connectivity index (χ2n) is 7.59. The molecule has 2 heterocycles. The van der Waals surface area contributed by atoms with Crippen LogP contribution < -0.4 is 15.5 Å². The molecule has 2 atom stereocenters. The lowest BCUT2D eigenvalue weighted by Gasteiger charge is -2.32. The van der Waals surface area contributed by atoms with Crippen molar-refractivity contribution in [1.82, 2.24) is 15.6 Å². The highest BCUT2D eigenvalue weighted by atomic mass is 127. The second kappa shape index (κ2) is 12.4. The van der Waals surface area contributed by atoms with Crippen molar-refractivity contribution in [3.8, 4) is 0 Å². The van der Waals surface area contributed by atoms with E-state index in [0.29, 0.717) is 12.6 Å². The van der Waals surface area contributed by atoms with Crippen LogP contribution in [0.3, 0.4) is 0 Å². The average molecular weight is 489 g/mol. The van der Waals surface area contributed by atoms with E-state index in [1.807, 2.05) is 13.2 Å². The van der Waals surface area contributed by atoms with Gasteiger partial charge in [-0.2, -0.15) is 0 Å². The van der Waals surface area contributed by atoms with Crippen LogP contribution in [0.1, 0.15) is 46.1 Å². The van der Waals surface area contributed by atoms with Gasteiger partial charge in [0.1, 0.15) is 5.82 Å². The Kier molecular flexibility index (Phi) is 11.0. The number of nitrogens with zero attached hydrogens (tertiary/aromatic N) is 3. The van der Waals surface area contributed by atoms with Gasteiger partial charge in [0.05, 0.1) is 12.7 Å². The first-order valence-electron chi connectivity index (χ1n) is 9.76. The lowest BCUT2D eigenvalue weighted by atomic mass is 10.0. The van der Waals surface area contributed by atoms with Gasteiger partial charge in [-0.25, -0.2) is 4.98 Å². The van der Waals surface area contributed by atoms with Gasteiger partial charge < -0.3 is 20.3 Å². The fourth-order valence-electron chi connectivity index (χ4n) is 3.00. The first-order valence-corrected chi connectivity index (χ1v) is 9.76. The Morgan fingerprint density at radius 2 is 2.11 bits per heavy atom. The molecular weight excluding hydrogens is 453 g/mol. The minimum Gasteiger partial charge on any atom is -0.375 e. The number of aliphatic imine (C=N–C) groups is 1. The first kappa shape index (κ1) is 23.9. The van der Waals surface area contributed by atoms with Crippen LogP contribution >= 0.6 is 24.0 Å². The summed E-state index contributed by atoms with van der Waals surface area (Å²) >= 11 is 0. The summed E-state index contributed by atoms with van der Waals surface area (Å²) in [6.45, 7) is 12.1. The third-order valence-electron chi connectivity index (χ3n) is 4.62. The molecule has 2 N–H and O–H groups in total. The lowest BCUT2D eigenvalue weighted by molar-refractivity contribution is 0.0529. The zero-order chi connectivity index (χ0) is 18.9. The molecule has 0 radical (unpaired) electrons. The van der Waals surface area contributed by atoms with E-state index < -0.39 is 0 Å². The molecule has 2 unspecified atom stereocenters. The summed E-state index contributed by atoms with van der Waals surface area (Å²) in [7, 11) is 1.81. The van der Waals surface area contributed by atoms with E-state index in [0.717, 1.165) is 49.4 Å². The molecule has 1 fully saturated rings. The van der Waals surface area contributed by atoms with E-state index in [-0.39, 0.29) is 30.1 Å². The number of guanidine groups is 1. The average Bonchev–Trinajstić information content (AvgIpc) is 2.64. The molecule has 27 heavy (non-hydrogen) atoms. The van der Waals surface area contributed by atoms with Gasteiger partial charge in [-0.1, -0.05) is 19.9 Å². The van der Waals surface area contributed by atoms with Crippen LogP contribution in [0.2, 0.25) is 0 Å². The molecule has 1 aliphatic rings. The van der Waals surface area contributed by atoms with Crippen molar-refractivity contribution in [3.63, 3.8) is 0 Å². The summed E-state index contributed by atoms with van der Waals surface area (Å²) in [4.78, 5) is 11.2. The minimum atomic E-state index is 0. The molecule has 1 aromatic heterocycles. The van der Waals surface area contributed by atoms with Crippen LogP contribution in [0.4, 0.5) is 5.82 Å². The van der Waals surface area contributed by atoms with Crippen LogP contribution in [0.25, 0.3) is 0 Å². The van der Waals surface area contributed by atoms with E-state index in [2.05, 4.69) is 65.3 Å². The van der Waals surface area contributed by atoms with E-state index in [4.69, 9.17) is 4.74 Å². The van der Waals surface area contributed by atoms with E-state index in [1.54, 1.807) is 0 Å². The topological polar surface area (TPSA) is 61.8 Å². The number of hydrogen-bond donors (Lipinski definition) is 2. The monoisotopic (exact) mass is 489 g/mol. The molecule has 0 spiro atoms. The summed E-state index contributed by atoms with van der Waals surface area (Å²) in [5, 5.41) is 6.83. The molecule has 1 aliphatic heterocycles. The van der Waals surface area contributed by atoms with Crippen LogP contribution in [-0.2, 0) is 11.3 Å². The van der Waals surface area contributed by atoms with E-state index in [9.17, 15) is 0 Å². The third kappa shape index (κ3) is 8.64. The molecule has 1 aromatic rings. The Bertz CT molecular complexity index is 564. The van der Waals surface area contributed by atoms with Gasteiger partial charge in [-0.05, 0) is 44.2 Å². The normalized spacial score (nSPS) is 18.8. The summed E-state index contributed by atoms with van der Waals surface area (Å²) in [5.41, 5.74) is 1.15. The largest absolute Gasteiger partial charge is 0.375 e. The Balaban J connectivity index is 0.00000364. The smallest absolute Gasteiger partial charge is 0.191 e. The molecule has 0 amide bonds. The molecule has 154 valence electrons. The van der Waals surface area contributed by atoms with Gasteiger partial charge in [0.15, 0.2) is 5.96 Å². The van der Waals surface area contributed by atoms with Crippen molar-refractivity contribution < 1.29 is 4.74 Å². The predicted molar refractivity (Wildman–Crippen MR) is 124 cm³/mol. The lowest BCUT2D eigenvalue weighted by Crippen LogP contribution is -2.42. The Morgan fingerprint density at radius 3 is 2.70 bits per heavy atom. The summed E-state index contributed by atoms with van der Waals surface area (Å²) in [5.74, 6) is 2.59. The summed E-state index contributed by atoms with van der Waals surface area (Å²) in [6.07, 6.45) is 4.57. The molecule has 0 aliphatic carbocycles. The van der Waals surface area contributed by atoms with Gasteiger partial charge in [0.25, 0.3) is 0 Å². The zero-order valence-electron chi connectivity index (χ0n) is 17.4. The maximum Gasteiger partial charge on any atom is 0.191 e. The molecule has 0 aromatic carbocycles. The number of aromatic nitrogens is 1. The zero-order valence-corrected chi connectivity index (χ0v) is 19.7. The van der Waals surface area contributed by atoms with Gasteiger partial charge in [-0.3, -0.25) is 4.99 Å². The highest BCUT2D eigenvalue weighted by Crippen LogP contribution is 2.15. The number of rotatable bonds is 7. The molecule has 6 nitrogen and oxygen atoms in total. The van der Waals surface area contributed by atoms with Crippen molar-refractivity contribution >= 4 is 35.8 Å². The maximum absolute atomic E-state index is 5.59. The molecule has 0 bridgehead atoms. The van der Waals surface area contributed by atoms with Gasteiger partial charge in [0.2, 0.25) is 0 Å². The molecule has 7 heteroatoms. The molecule has 2 rings (SSSR count). The predicted octanol–water partition coefficient (Wildman–Crippen LogP) is 3.41. The van der Waals surface area contributed by atoms with E-state index >= 15 is 0 Å². The SMILES string of the molecule is CN=C(NCc1ccc(N2CCOC(C)C2)nc1)NC(C)CCC(C)C.I. The van der Waals surface area contributed by atoms with Crippen LogP contribution in [0.5, 0.6) is 0 Å². The number of morpholine rings is 1. The van der Waals surface area contributed by atoms with Gasteiger partial charge >= 0.3 is 0 Å². The number of anilines is 1. The highest BCUT2D eigenvalue weighted by molar-refractivity contribution is 14.0. The number of halogens is 1. The third-order valence-corrected chi connectivity index (χ3v) is 4.62. The summed E-state index contributed by atoms with van der Waals surface area (Å²) in [6, 6.07) is 4.63. The molecule has 0 saturated carbocycles. The number of ether oxygens (including phenoxy) is 1. The molecular formula is C20H36IN5O. The van der Waals surface area contributed by atoms with Crippen LogP contribution in [-0.4, -0.2) is 49.8 Å². The van der Waals surface area contributed by atoms with Crippen molar-refractivity contribution in [2.45, 2.75) is 59.2 Å². The fourth-order valence-corrected chi connectivity index (χ4v) is 3.00. The van der Waals surface area contributed by atoms with Crippen molar-refractivity contribution in [3.05, 3.63) is 23.9 Å². The Labute approximate surface area is 181 Å². The molecule has 1 saturated heterocycles. The standard InChI is InChI=1S/C20H35N5O.HI/c1-15(2)6-7-16(3)24-20(21-5)23-13-18-8-9-19(22-12-18)25-10-11-26-17(4)14-25;/h8-9,12,15-17H,6-7,10-11,13-14H2,1-5H3,(H2,21,23,24);1H.